The number of nitrogens with zero attached hydrogens (tertiary/aromatic N) is 1. The van der Waals surface area contributed by atoms with Crippen LogP contribution in [0.1, 0.15) is 0 Å². The minimum atomic E-state index is 1.12. The van der Waals surface area contributed by atoms with Gasteiger partial charge in [-0.05, 0) is 92.0 Å². The van der Waals surface area contributed by atoms with Crippen LogP contribution in [0.15, 0.2) is 200 Å². The summed E-state index contributed by atoms with van der Waals surface area (Å²) in [5.74, 6) is 0. The van der Waals surface area contributed by atoms with Crippen molar-refractivity contribution in [3.05, 3.63) is 200 Å². The van der Waals surface area contributed by atoms with Gasteiger partial charge in [-0.25, -0.2) is 0 Å². The van der Waals surface area contributed by atoms with Crippen LogP contribution in [0.5, 0.6) is 0 Å². The molecule has 0 unspecified atom stereocenters. The SMILES string of the molecule is c1ccc(-c2cccc3c2sc2ccc(-c4ccc(N(c5ccc(-c6cccc7ccccc67)cc5)c5cccc6ccccc56)cc4)cc23)cc1. The summed E-state index contributed by atoms with van der Waals surface area (Å²) >= 11 is 1.88. The average molecular weight is 680 g/mol. The van der Waals surface area contributed by atoms with Crippen molar-refractivity contribution < 1.29 is 0 Å². The predicted molar refractivity (Wildman–Crippen MR) is 225 cm³/mol. The molecule has 0 spiro atoms. The van der Waals surface area contributed by atoms with Crippen LogP contribution in [0.2, 0.25) is 0 Å². The van der Waals surface area contributed by atoms with Crippen molar-refractivity contribution in [1.82, 2.24) is 0 Å². The van der Waals surface area contributed by atoms with E-state index in [0.717, 1.165) is 17.1 Å². The van der Waals surface area contributed by atoms with Gasteiger partial charge in [0.1, 0.15) is 0 Å². The molecule has 0 saturated heterocycles. The van der Waals surface area contributed by atoms with Gasteiger partial charge in [-0.15, -0.1) is 11.3 Å². The van der Waals surface area contributed by atoms with Crippen molar-refractivity contribution in [1.29, 1.82) is 0 Å². The molecule has 0 fully saturated rings. The summed E-state index contributed by atoms with van der Waals surface area (Å²) < 4.78 is 2.65. The zero-order valence-corrected chi connectivity index (χ0v) is 29.2. The van der Waals surface area contributed by atoms with Crippen LogP contribution < -0.4 is 4.90 Å². The van der Waals surface area contributed by atoms with Crippen LogP contribution in [0.25, 0.3) is 75.1 Å². The Morgan fingerprint density at radius 3 is 1.63 bits per heavy atom. The number of hydrogen-bond acceptors (Lipinski definition) is 2. The average Bonchev–Trinajstić information content (AvgIpc) is 3.60. The van der Waals surface area contributed by atoms with Crippen LogP contribution in [0.4, 0.5) is 17.1 Å². The molecule has 52 heavy (non-hydrogen) atoms. The second kappa shape index (κ2) is 12.7. The Labute approximate surface area is 307 Å². The Balaban J connectivity index is 1.05. The molecular formula is C50H33NS. The summed E-state index contributed by atoms with van der Waals surface area (Å²) in [5, 5.41) is 7.59. The van der Waals surface area contributed by atoms with E-state index in [1.165, 1.54) is 75.1 Å². The van der Waals surface area contributed by atoms with E-state index in [1.807, 2.05) is 11.3 Å². The smallest absolute Gasteiger partial charge is 0.0540 e. The summed E-state index contributed by atoms with van der Waals surface area (Å²) in [5.41, 5.74) is 10.8. The van der Waals surface area contributed by atoms with Gasteiger partial charge in [0.15, 0.2) is 0 Å². The molecule has 1 heterocycles. The molecular weight excluding hydrogens is 647 g/mol. The first-order valence-electron chi connectivity index (χ1n) is 17.8. The third-order valence-corrected chi connectivity index (χ3v) is 11.5. The van der Waals surface area contributed by atoms with E-state index in [2.05, 4.69) is 205 Å². The van der Waals surface area contributed by atoms with Crippen molar-refractivity contribution in [2.45, 2.75) is 0 Å². The van der Waals surface area contributed by atoms with Gasteiger partial charge in [0.2, 0.25) is 0 Å². The highest BCUT2D eigenvalue weighted by molar-refractivity contribution is 7.26. The largest absolute Gasteiger partial charge is 0.310 e. The fourth-order valence-corrected chi connectivity index (χ4v) is 8.94. The third-order valence-electron chi connectivity index (χ3n) is 10.3. The zero-order chi connectivity index (χ0) is 34.4. The van der Waals surface area contributed by atoms with Crippen molar-refractivity contribution in [3.8, 4) is 33.4 Å². The minimum Gasteiger partial charge on any atom is -0.310 e. The van der Waals surface area contributed by atoms with E-state index in [-0.39, 0.29) is 0 Å². The van der Waals surface area contributed by atoms with Crippen molar-refractivity contribution in [3.63, 3.8) is 0 Å². The molecule has 2 heteroatoms. The Morgan fingerprint density at radius 1 is 0.327 bits per heavy atom. The van der Waals surface area contributed by atoms with Crippen molar-refractivity contribution >= 4 is 70.1 Å². The molecule has 10 rings (SSSR count). The van der Waals surface area contributed by atoms with Crippen LogP contribution in [0.3, 0.4) is 0 Å². The Hall–Kier alpha value is -6.48. The molecule has 0 aliphatic carbocycles. The van der Waals surface area contributed by atoms with E-state index >= 15 is 0 Å². The fraction of sp³-hybridized carbons (Fsp3) is 0. The minimum absolute atomic E-state index is 1.12. The lowest BCUT2D eigenvalue weighted by atomic mass is 9.98. The van der Waals surface area contributed by atoms with E-state index in [0.29, 0.717) is 0 Å². The third kappa shape index (κ3) is 5.24. The standard InChI is InChI=1S/C50H33NS/c1-2-11-37(12-3-1)45-20-10-21-46-47-33-39(27-32-49(47)52-50(45)46)34-23-28-40(29-24-34)51(48-22-9-16-36-14-5-7-18-44(36)48)41-30-25-38(26-31-41)43-19-8-15-35-13-4-6-17-42(35)43/h1-33H. The summed E-state index contributed by atoms with van der Waals surface area (Å²) in [7, 11) is 0. The molecule has 1 nitrogen and oxygen atoms in total. The number of fused-ring (bicyclic) bond motifs is 5. The molecule has 0 atom stereocenters. The normalized spacial score (nSPS) is 11.5. The van der Waals surface area contributed by atoms with Gasteiger partial charge in [0.25, 0.3) is 0 Å². The second-order valence-electron chi connectivity index (χ2n) is 13.3. The van der Waals surface area contributed by atoms with E-state index < -0.39 is 0 Å². The number of hydrogen-bond donors (Lipinski definition) is 0. The molecule has 244 valence electrons. The maximum Gasteiger partial charge on any atom is 0.0540 e. The van der Waals surface area contributed by atoms with Crippen LogP contribution in [-0.4, -0.2) is 0 Å². The first-order valence-corrected chi connectivity index (χ1v) is 18.6. The molecule has 0 aliphatic heterocycles. The monoisotopic (exact) mass is 679 g/mol. The van der Waals surface area contributed by atoms with Gasteiger partial charge in [0.05, 0.1) is 5.69 Å². The van der Waals surface area contributed by atoms with Crippen LogP contribution in [-0.2, 0) is 0 Å². The molecule has 1 aromatic heterocycles. The summed E-state index contributed by atoms with van der Waals surface area (Å²) in [6.07, 6.45) is 0. The second-order valence-corrected chi connectivity index (χ2v) is 14.4. The molecule has 0 N–H and O–H groups in total. The van der Waals surface area contributed by atoms with Gasteiger partial charge in [-0.3, -0.25) is 0 Å². The number of anilines is 3. The molecule has 9 aromatic carbocycles. The summed E-state index contributed by atoms with van der Waals surface area (Å²) in [6.45, 7) is 0. The quantitative estimate of drug-likeness (QED) is 0.169. The predicted octanol–water partition coefficient (Wildman–Crippen LogP) is 14.8. The Morgan fingerprint density at radius 2 is 0.865 bits per heavy atom. The van der Waals surface area contributed by atoms with Gasteiger partial charge < -0.3 is 4.90 Å². The highest BCUT2D eigenvalue weighted by atomic mass is 32.1. The highest BCUT2D eigenvalue weighted by Gasteiger charge is 2.17. The summed E-state index contributed by atoms with van der Waals surface area (Å²) in [4.78, 5) is 2.39. The number of rotatable bonds is 6. The van der Waals surface area contributed by atoms with E-state index in [4.69, 9.17) is 0 Å². The Bertz CT molecular complexity index is 2870. The lowest BCUT2D eigenvalue weighted by Gasteiger charge is -2.27. The molecule has 0 amide bonds. The van der Waals surface area contributed by atoms with Gasteiger partial charge >= 0.3 is 0 Å². The maximum absolute atomic E-state index is 2.39. The fourth-order valence-electron chi connectivity index (χ4n) is 7.72. The van der Waals surface area contributed by atoms with Crippen molar-refractivity contribution in [2.75, 3.05) is 4.90 Å². The molecule has 10 aromatic rings. The molecule has 0 aliphatic rings. The number of benzene rings is 9. The van der Waals surface area contributed by atoms with Gasteiger partial charge in [-0.1, -0.05) is 158 Å². The molecule has 0 radical (unpaired) electrons. The number of thiophene rings is 1. The lowest BCUT2D eigenvalue weighted by Crippen LogP contribution is -2.10. The van der Waals surface area contributed by atoms with E-state index in [9.17, 15) is 0 Å². The van der Waals surface area contributed by atoms with Crippen molar-refractivity contribution in [2.24, 2.45) is 0 Å². The van der Waals surface area contributed by atoms with Gasteiger partial charge in [-0.2, -0.15) is 0 Å². The highest BCUT2D eigenvalue weighted by Crippen LogP contribution is 2.43. The molecule has 0 saturated carbocycles. The van der Waals surface area contributed by atoms with Crippen LogP contribution >= 0.6 is 11.3 Å². The van der Waals surface area contributed by atoms with E-state index in [1.54, 1.807) is 0 Å². The first kappa shape index (κ1) is 30.4. The first-order chi connectivity index (χ1) is 25.8. The maximum atomic E-state index is 2.39. The van der Waals surface area contributed by atoms with Gasteiger partial charge in [0, 0.05) is 36.9 Å². The van der Waals surface area contributed by atoms with Crippen LogP contribution in [0, 0.1) is 0 Å². The summed E-state index contributed by atoms with van der Waals surface area (Å²) in [6, 6.07) is 72.8. The lowest BCUT2D eigenvalue weighted by molar-refractivity contribution is 1.30. The molecule has 0 bridgehead atoms. The topological polar surface area (TPSA) is 3.24 Å². The zero-order valence-electron chi connectivity index (χ0n) is 28.4. The Kier molecular flexibility index (Phi) is 7.41.